The van der Waals surface area contributed by atoms with Crippen LogP contribution in [0.5, 0.6) is 11.5 Å². The van der Waals surface area contributed by atoms with Gasteiger partial charge in [-0.2, -0.15) is 0 Å². The molecule has 4 nitrogen and oxygen atoms in total. The summed E-state index contributed by atoms with van der Waals surface area (Å²) in [5, 5.41) is 1.18. The molecule has 0 aliphatic carbocycles. The Bertz CT molecular complexity index is 805. The highest BCUT2D eigenvalue weighted by Gasteiger charge is 2.12. The van der Waals surface area contributed by atoms with E-state index in [1.165, 1.54) is 32.4 Å². The quantitative estimate of drug-likeness (QED) is 0.529. The number of ether oxygens (including phenoxy) is 2. The van der Waals surface area contributed by atoms with Gasteiger partial charge in [-0.15, -0.1) is 0 Å². The van der Waals surface area contributed by atoms with Crippen LogP contribution >= 0.6 is 23.2 Å². The first-order valence-corrected chi connectivity index (χ1v) is 10.4. The van der Waals surface area contributed by atoms with Crippen LogP contribution in [0, 0.1) is 0 Å². The number of nitrogens with zero attached hydrogens (tertiary/aromatic N) is 2. The summed E-state index contributed by atoms with van der Waals surface area (Å²) in [6.45, 7) is 4.52. The molecule has 1 fully saturated rings. The summed E-state index contributed by atoms with van der Waals surface area (Å²) in [6, 6.07) is 11.3. The van der Waals surface area contributed by atoms with Crippen LogP contribution in [0.15, 0.2) is 41.4 Å². The van der Waals surface area contributed by atoms with Gasteiger partial charge in [0.25, 0.3) is 0 Å². The van der Waals surface area contributed by atoms with Crippen LogP contribution in [0.2, 0.25) is 10.0 Å². The lowest BCUT2D eigenvalue weighted by molar-refractivity contribution is 0.235. The lowest BCUT2D eigenvalue weighted by Gasteiger charge is -2.25. The van der Waals surface area contributed by atoms with Gasteiger partial charge in [-0.05, 0) is 61.3 Å². The highest BCUT2D eigenvalue weighted by atomic mass is 35.5. The van der Waals surface area contributed by atoms with Gasteiger partial charge in [-0.3, -0.25) is 4.99 Å². The van der Waals surface area contributed by atoms with Crippen molar-refractivity contribution in [1.82, 2.24) is 4.90 Å². The average molecular weight is 421 g/mol. The molecule has 0 aromatic heterocycles. The molecule has 1 saturated heterocycles. The Hall–Kier alpha value is -1.75. The smallest absolute Gasteiger partial charge is 0.180 e. The van der Waals surface area contributed by atoms with Gasteiger partial charge in [-0.1, -0.05) is 41.8 Å². The van der Waals surface area contributed by atoms with Gasteiger partial charge in [0.15, 0.2) is 11.5 Å². The summed E-state index contributed by atoms with van der Waals surface area (Å²) in [5.41, 5.74) is 1.87. The maximum atomic E-state index is 6.44. The van der Waals surface area contributed by atoms with Crippen LogP contribution in [0.1, 0.15) is 30.4 Å². The standard InChI is InChI=1S/C22H26Cl2N2O2/c1-27-21-14-18(15-25-8-11-26-9-3-2-4-10-26)13-20(24)22(21)28-16-17-6-5-7-19(23)12-17/h5-7,12-15H,2-4,8-11,16H2,1H3. The molecule has 0 bridgehead atoms. The first kappa shape index (κ1) is 21.0. The average Bonchev–Trinajstić information content (AvgIpc) is 2.71. The summed E-state index contributed by atoms with van der Waals surface area (Å²) in [5.74, 6) is 1.11. The Morgan fingerprint density at radius 2 is 1.93 bits per heavy atom. The van der Waals surface area contributed by atoms with Crippen LogP contribution in [0.3, 0.4) is 0 Å². The van der Waals surface area contributed by atoms with E-state index >= 15 is 0 Å². The first-order valence-electron chi connectivity index (χ1n) is 9.62. The van der Waals surface area contributed by atoms with Gasteiger partial charge >= 0.3 is 0 Å². The Morgan fingerprint density at radius 3 is 2.68 bits per heavy atom. The topological polar surface area (TPSA) is 34.1 Å². The SMILES string of the molecule is COc1cc(C=NCCN2CCCCC2)cc(Cl)c1OCc1cccc(Cl)c1. The van der Waals surface area contributed by atoms with Gasteiger partial charge in [0.2, 0.25) is 0 Å². The van der Waals surface area contributed by atoms with Crippen molar-refractivity contribution < 1.29 is 9.47 Å². The second-order valence-corrected chi connectivity index (χ2v) is 7.73. The zero-order chi connectivity index (χ0) is 19.8. The summed E-state index contributed by atoms with van der Waals surface area (Å²) in [6.07, 6.45) is 5.79. The van der Waals surface area contributed by atoms with Crippen LogP contribution in [-0.2, 0) is 6.61 Å². The minimum atomic E-state index is 0.361. The Kier molecular flexibility index (Phi) is 8.01. The molecular formula is C22H26Cl2N2O2. The third-order valence-electron chi connectivity index (χ3n) is 4.76. The van der Waals surface area contributed by atoms with Gasteiger partial charge in [0, 0.05) is 17.8 Å². The van der Waals surface area contributed by atoms with Crippen LogP contribution in [0.25, 0.3) is 0 Å². The largest absolute Gasteiger partial charge is 0.493 e. The molecule has 2 aromatic carbocycles. The Labute approximate surface area is 177 Å². The normalized spacial score (nSPS) is 15.1. The third-order valence-corrected chi connectivity index (χ3v) is 5.27. The van der Waals surface area contributed by atoms with E-state index in [1.807, 2.05) is 42.6 Å². The molecular weight excluding hydrogens is 395 g/mol. The molecule has 6 heteroatoms. The van der Waals surface area contributed by atoms with Crippen molar-refractivity contribution in [3.8, 4) is 11.5 Å². The molecule has 0 saturated carbocycles. The van der Waals surface area contributed by atoms with E-state index in [0.717, 1.165) is 24.2 Å². The van der Waals surface area contributed by atoms with E-state index in [9.17, 15) is 0 Å². The fraction of sp³-hybridized carbons (Fsp3) is 0.409. The molecule has 1 aliphatic heterocycles. The van der Waals surface area contributed by atoms with E-state index in [4.69, 9.17) is 32.7 Å². The lowest BCUT2D eigenvalue weighted by Crippen LogP contribution is -2.31. The molecule has 0 radical (unpaired) electrons. The minimum Gasteiger partial charge on any atom is -0.493 e. The maximum Gasteiger partial charge on any atom is 0.180 e. The van der Waals surface area contributed by atoms with Crippen molar-refractivity contribution in [2.45, 2.75) is 25.9 Å². The number of rotatable bonds is 8. The molecule has 1 heterocycles. The van der Waals surface area contributed by atoms with Gasteiger partial charge < -0.3 is 14.4 Å². The first-order chi connectivity index (χ1) is 13.7. The van der Waals surface area contributed by atoms with Gasteiger partial charge in [0.05, 0.1) is 18.7 Å². The van der Waals surface area contributed by atoms with Gasteiger partial charge in [-0.25, -0.2) is 0 Å². The molecule has 0 atom stereocenters. The van der Waals surface area contributed by atoms with Crippen molar-refractivity contribution >= 4 is 29.4 Å². The summed E-state index contributed by atoms with van der Waals surface area (Å²) >= 11 is 12.5. The zero-order valence-corrected chi connectivity index (χ0v) is 17.7. The van der Waals surface area contributed by atoms with Crippen molar-refractivity contribution in [3.63, 3.8) is 0 Å². The second kappa shape index (κ2) is 10.7. The highest BCUT2D eigenvalue weighted by molar-refractivity contribution is 6.32. The maximum absolute atomic E-state index is 6.44. The number of aliphatic imine (C=N–C) groups is 1. The minimum absolute atomic E-state index is 0.361. The van der Waals surface area contributed by atoms with Crippen LogP contribution in [0.4, 0.5) is 0 Å². The third kappa shape index (κ3) is 6.13. The van der Waals surface area contributed by atoms with Crippen LogP contribution in [-0.4, -0.2) is 44.4 Å². The van der Waals surface area contributed by atoms with E-state index < -0.39 is 0 Å². The Morgan fingerprint density at radius 1 is 1.11 bits per heavy atom. The van der Waals surface area contributed by atoms with Crippen molar-refractivity contribution in [2.24, 2.45) is 4.99 Å². The summed E-state index contributed by atoms with van der Waals surface area (Å²) in [4.78, 5) is 7.02. The number of piperidine rings is 1. The molecule has 0 unspecified atom stereocenters. The van der Waals surface area contributed by atoms with E-state index in [0.29, 0.717) is 28.2 Å². The number of hydrogen-bond acceptors (Lipinski definition) is 4. The monoisotopic (exact) mass is 420 g/mol. The Balaban J connectivity index is 1.61. The van der Waals surface area contributed by atoms with Gasteiger partial charge in [0.1, 0.15) is 6.61 Å². The fourth-order valence-electron chi connectivity index (χ4n) is 3.29. The molecule has 1 aliphatic rings. The number of likely N-dealkylation sites (tertiary alicyclic amines) is 1. The van der Waals surface area contributed by atoms with Crippen molar-refractivity contribution in [3.05, 3.63) is 57.6 Å². The van der Waals surface area contributed by atoms with Crippen molar-refractivity contribution in [1.29, 1.82) is 0 Å². The molecule has 2 aromatic rings. The van der Waals surface area contributed by atoms with E-state index in [2.05, 4.69) is 9.89 Å². The molecule has 0 amide bonds. The predicted octanol–water partition coefficient (Wildman–Crippen LogP) is 5.49. The molecule has 28 heavy (non-hydrogen) atoms. The zero-order valence-electron chi connectivity index (χ0n) is 16.2. The molecule has 0 spiro atoms. The number of hydrogen-bond donors (Lipinski definition) is 0. The highest BCUT2D eigenvalue weighted by Crippen LogP contribution is 2.36. The second-order valence-electron chi connectivity index (χ2n) is 6.89. The van der Waals surface area contributed by atoms with E-state index in [-0.39, 0.29) is 0 Å². The fourth-order valence-corrected chi connectivity index (χ4v) is 3.78. The summed E-state index contributed by atoms with van der Waals surface area (Å²) < 4.78 is 11.4. The van der Waals surface area contributed by atoms with Crippen LogP contribution < -0.4 is 9.47 Å². The molecule has 0 N–H and O–H groups in total. The van der Waals surface area contributed by atoms with E-state index in [1.54, 1.807) is 7.11 Å². The lowest BCUT2D eigenvalue weighted by atomic mass is 10.1. The summed E-state index contributed by atoms with van der Waals surface area (Å²) in [7, 11) is 1.61. The number of halogens is 2. The predicted molar refractivity (Wildman–Crippen MR) is 117 cm³/mol. The number of benzene rings is 2. The molecule has 150 valence electrons. The number of methoxy groups -OCH3 is 1. The molecule has 3 rings (SSSR count). The van der Waals surface area contributed by atoms with Crippen molar-refractivity contribution in [2.75, 3.05) is 33.3 Å².